The van der Waals surface area contributed by atoms with Crippen LogP contribution in [0, 0.1) is 35.5 Å². The normalized spacial score (nSPS) is 42.2. The summed E-state index contributed by atoms with van der Waals surface area (Å²) in [6, 6.07) is 0. The van der Waals surface area contributed by atoms with E-state index in [4.69, 9.17) is 38.9 Å². The standard InChI is InChI=1S/C46H75NO14/c1-13-16-34-28(7)37(58-38-22-33(48)43(31(10)57-38)60-45(47)53)23-46(54,61-34)30(9)41(51)29(8)42-35(55-11)18-15-17-24(3)19-26(5)39(49)32(14-2)40(50)27(6)20-25(4)21-36(56-12)44(52)59-42/h13,15-18,20-21,26-35,37-43,48-51,54H,14,19,22-23H2,1-12H3,(H2,47,53)/b16-13+,18-15+,24-17+,25-20+,36-21-/t26-,27-,28-,29+,30+,31-,32+,33-,34-,35+,37-,38+,39+,40-,41-,42?,43-,46-/m1/s1. The molecule has 0 saturated carbocycles. The molecule has 3 heterocycles. The minimum Gasteiger partial charge on any atom is -0.490 e. The average Bonchev–Trinajstić information content (AvgIpc) is 3.19. The van der Waals surface area contributed by atoms with Crippen molar-refractivity contribution in [1.29, 1.82) is 0 Å². The van der Waals surface area contributed by atoms with E-state index in [2.05, 4.69) is 0 Å². The van der Waals surface area contributed by atoms with Crippen LogP contribution in [0.5, 0.6) is 0 Å². The summed E-state index contributed by atoms with van der Waals surface area (Å²) in [5.74, 6) is -6.00. The lowest BCUT2D eigenvalue weighted by Gasteiger charge is -2.49. The summed E-state index contributed by atoms with van der Waals surface area (Å²) >= 11 is 0. The highest BCUT2D eigenvalue weighted by Crippen LogP contribution is 2.42. The third-order valence-electron chi connectivity index (χ3n) is 12.8. The van der Waals surface area contributed by atoms with Crippen molar-refractivity contribution in [2.45, 2.75) is 168 Å². The Bertz CT molecular complexity index is 1570. The zero-order chi connectivity index (χ0) is 45.9. The van der Waals surface area contributed by atoms with Crippen molar-refractivity contribution in [2.24, 2.45) is 41.2 Å². The minimum absolute atomic E-state index is 0.0313. The molecule has 0 spiro atoms. The fraction of sp³-hybridized carbons (Fsp3) is 0.739. The predicted molar refractivity (Wildman–Crippen MR) is 228 cm³/mol. The van der Waals surface area contributed by atoms with Crippen LogP contribution in [-0.4, -0.2) is 125 Å². The number of primary amides is 1. The zero-order valence-electron chi connectivity index (χ0n) is 38.2. The van der Waals surface area contributed by atoms with E-state index < -0.39 is 97.0 Å². The van der Waals surface area contributed by atoms with Crippen molar-refractivity contribution in [3.8, 4) is 0 Å². The highest BCUT2D eigenvalue weighted by atomic mass is 16.7. The number of cyclic esters (lactones) is 1. The molecule has 0 aromatic heterocycles. The fourth-order valence-corrected chi connectivity index (χ4v) is 8.94. The van der Waals surface area contributed by atoms with Crippen LogP contribution in [0.2, 0.25) is 0 Å². The van der Waals surface area contributed by atoms with Gasteiger partial charge < -0.3 is 64.4 Å². The topological polar surface area (TPSA) is 226 Å². The first kappa shape index (κ1) is 52.2. The second-order valence-electron chi connectivity index (χ2n) is 17.5. The quantitative estimate of drug-likeness (QED) is 0.119. The molecule has 1 amide bonds. The molecule has 3 rings (SSSR count). The second kappa shape index (κ2) is 23.5. The number of aliphatic hydroxyl groups is 5. The molecule has 348 valence electrons. The van der Waals surface area contributed by atoms with Crippen molar-refractivity contribution in [3.05, 3.63) is 59.4 Å². The maximum atomic E-state index is 13.9. The maximum absolute atomic E-state index is 13.9. The molecule has 3 aliphatic heterocycles. The van der Waals surface area contributed by atoms with E-state index >= 15 is 0 Å². The van der Waals surface area contributed by atoms with Gasteiger partial charge in [0, 0.05) is 49.5 Å². The first-order valence-corrected chi connectivity index (χ1v) is 21.7. The molecule has 7 N–H and O–H groups in total. The Morgan fingerprint density at radius 3 is 2.34 bits per heavy atom. The van der Waals surface area contributed by atoms with E-state index in [-0.39, 0.29) is 42.3 Å². The number of amides is 1. The van der Waals surface area contributed by atoms with E-state index in [0.29, 0.717) is 18.4 Å². The van der Waals surface area contributed by atoms with Crippen molar-refractivity contribution in [2.75, 3.05) is 14.2 Å². The summed E-state index contributed by atoms with van der Waals surface area (Å²) in [7, 11) is 2.81. The molecule has 15 nitrogen and oxygen atoms in total. The summed E-state index contributed by atoms with van der Waals surface area (Å²) in [5.41, 5.74) is 6.78. The Morgan fingerprint density at radius 2 is 1.77 bits per heavy atom. The third-order valence-corrected chi connectivity index (χ3v) is 12.8. The SMILES string of the molecule is C/C=C/[C@H]1O[C@@](O)([C@@H](C)[C@H](O)[C@H](C)C2OC(=O)/C(OC)=C/C(C)=C/[C@@H](C)[C@@H](O)[C@@H](CC)[C@@H](O)[C@H](C)C/C(C)=C/C=C/[C@@H]2OC)C[C@@H](O[C@H]2C[C@@H](O)[C@H](OC(N)=O)[C@@H](C)O2)[C@@H]1C. The highest BCUT2D eigenvalue weighted by molar-refractivity contribution is 5.87. The molecule has 15 heteroatoms. The van der Waals surface area contributed by atoms with Crippen molar-refractivity contribution in [1.82, 2.24) is 0 Å². The number of carbonyl (C=O) groups excluding carboxylic acids is 2. The largest absolute Gasteiger partial charge is 0.490 e. The van der Waals surface area contributed by atoms with Gasteiger partial charge in [-0.05, 0) is 52.5 Å². The first-order valence-electron chi connectivity index (χ1n) is 21.7. The number of methoxy groups -OCH3 is 2. The minimum atomic E-state index is -1.97. The molecule has 0 radical (unpaired) electrons. The lowest BCUT2D eigenvalue weighted by molar-refractivity contribution is -0.338. The number of rotatable bonds is 11. The van der Waals surface area contributed by atoms with Crippen LogP contribution < -0.4 is 5.73 Å². The highest BCUT2D eigenvalue weighted by Gasteiger charge is 2.52. The number of allylic oxidation sites excluding steroid dienone is 6. The Balaban J connectivity index is 2.00. The van der Waals surface area contributed by atoms with Crippen LogP contribution in [0.3, 0.4) is 0 Å². The molecule has 0 aromatic rings. The Hall–Kier alpha value is -3.12. The molecular formula is C46H75NO14. The van der Waals surface area contributed by atoms with Crippen LogP contribution in [0.15, 0.2) is 59.4 Å². The van der Waals surface area contributed by atoms with Crippen LogP contribution >= 0.6 is 0 Å². The van der Waals surface area contributed by atoms with Crippen LogP contribution in [0.4, 0.5) is 4.79 Å². The number of aliphatic hydroxyl groups excluding tert-OH is 4. The van der Waals surface area contributed by atoms with Gasteiger partial charge in [-0.1, -0.05) is 89.1 Å². The third kappa shape index (κ3) is 13.7. The molecule has 2 saturated heterocycles. The zero-order valence-corrected chi connectivity index (χ0v) is 38.2. The van der Waals surface area contributed by atoms with Gasteiger partial charge in [0.2, 0.25) is 5.76 Å². The summed E-state index contributed by atoms with van der Waals surface area (Å²) in [4.78, 5) is 25.4. The van der Waals surface area contributed by atoms with E-state index in [0.717, 1.165) is 5.57 Å². The van der Waals surface area contributed by atoms with E-state index in [1.54, 1.807) is 52.0 Å². The summed E-state index contributed by atoms with van der Waals surface area (Å²) < 4.78 is 41.4. The fourth-order valence-electron chi connectivity index (χ4n) is 8.94. The molecule has 2 fully saturated rings. The van der Waals surface area contributed by atoms with Gasteiger partial charge in [0.15, 0.2) is 18.2 Å². The van der Waals surface area contributed by atoms with Gasteiger partial charge in [0.1, 0.15) is 12.2 Å². The van der Waals surface area contributed by atoms with Crippen LogP contribution in [0.1, 0.15) is 94.9 Å². The molecule has 0 bridgehead atoms. The number of hydrogen-bond acceptors (Lipinski definition) is 14. The number of ether oxygens (including phenoxy) is 7. The summed E-state index contributed by atoms with van der Waals surface area (Å²) in [6.45, 7) is 18.2. The lowest BCUT2D eigenvalue weighted by Crippen LogP contribution is -2.59. The number of carbonyl (C=O) groups is 2. The van der Waals surface area contributed by atoms with Crippen LogP contribution in [0.25, 0.3) is 0 Å². The van der Waals surface area contributed by atoms with Gasteiger partial charge in [-0.25, -0.2) is 9.59 Å². The van der Waals surface area contributed by atoms with E-state index in [9.17, 15) is 35.1 Å². The maximum Gasteiger partial charge on any atom is 0.404 e. The monoisotopic (exact) mass is 866 g/mol. The van der Waals surface area contributed by atoms with Gasteiger partial charge in [-0.3, -0.25) is 0 Å². The Labute approximate surface area is 362 Å². The predicted octanol–water partition coefficient (Wildman–Crippen LogP) is 4.98. The van der Waals surface area contributed by atoms with Crippen molar-refractivity contribution >= 4 is 12.1 Å². The van der Waals surface area contributed by atoms with Crippen molar-refractivity contribution in [3.63, 3.8) is 0 Å². The molecule has 18 atom stereocenters. The van der Waals surface area contributed by atoms with E-state index in [1.165, 1.54) is 20.3 Å². The van der Waals surface area contributed by atoms with Crippen LogP contribution in [-0.2, 0) is 38.0 Å². The number of esters is 1. The van der Waals surface area contributed by atoms with Gasteiger partial charge in [0.05, 0.1) is 49.8 Å². The second-order valence-corrected chi connectivity index (χ2v) is 17.5. The smallest absolute Gasteiger partial charge is 0.404 e. The molecule has 61 heavy (non-hydrogen) atoms. The summed E-state index contributed by atoms with van der Waals surface area (Å²) in [6.07, 6.45) is 2.20. The Morgan fingerprint density at radius 1 is 1.10 bits per heavy atom. The number of hydrogen-bond donors (Lipinski definition) is 6. The van der Waals surface area contributed by atoms with Gasteiger partial charge in [0.25, 0.3) is 0 Å². The van der Waals surface area contributed by atoms with Gasteiger partial charge in [-0.2, -0.15) is 0 Å². The number of nitrogens with two attached hydrogens (primary N) is 1. The molecule has 0 aliphatic carbocycles. The molecule has 1 unspecified atom stereocenters. The Kier molecular flexibility index (Phi) is 20.1. The molecular weight excluding hydrogens is 790 g/mol. The first-order chi connectivity index (χ1) is 28.6. The lowest BCUT2D eigenvalue weighted by atomic mass is 9.77. The molecule has 3 aliphatic rings. The molecule has 0 aromatic carbocycles. The average molecular weight is 866 g/mol. The van der Waals surface area contributed by atoms with Crippen molar-refractivity contribution < 1.29 is 68.3 Å². The van der Waals surface area contributed by atoms with Gasteiger partial charge in [-0.15, -0.1) is 0 Å². The summed E-state index contributed by atoms with van der Waals surface area (Å²) in [5, 5.41) is 58.0. The van der Waals surface area contributed by atoms with E-state index in [1.807, 2.05) is 53.7 Å². The van der Waals surface area contributed by atoms with Gasteiger partial charge >= 0.3 is 12.1 Å².